The van der Waals surface area contributed by atoms with Crippen molar-refractivity contribution in [3.05, 3.63) is 60.7 Å². The molecule has 2 aromatic rings. The van der Waals surface area contributed by atoms with Gasteiger partial charge in [-0.25, -0.2) is 0 Å². The van der Waals surface area contributed by atoms with Gasteiger partial charge in [-0.1, -0.05) is 36.4 Å². The Labute approximate surface area is 194 Å². The topological polar surface area (TPSA) is 0 Å². The van der Waals surface area contributed by atoms with Gasteiger partial charge in [0.25, 0.3) is 0 Å². The molecule has 0 amide bonds. The molecule has 0 unspecified atom stereocenters. The molecule has 0 aliphatic carbocycles. The Kier molecular flexibility index (Phi) is 12.2. The Morgan fingerprint density at radius 2 is 0.808 bits per heavy atom. The summed E-state index contributed by atoms with van der Waals surface area (Å²) in [5.41, 5.74) is 2.80. The summed E-state index contributed by atoms with van der Waals surface area (Å²) < 4.78 is 1.96. The molecule has 2 aromatic carbocycles. The molecule has 0 aromatic heterocycles. The lowest BCUT2D eigenvalue weighted by Gasteiger charge is -2.30. The normalized spacial score (nSPS) is 11.4. The van der Waals surface area contributed by atoms with Crippen LogP contribution in [0.5, 0.6) is 0 Å². The van der Waals surface area contributed by atoms with Crippen LogP contribution in [0.1, 0.15) is 25.7 Å². The second kappa shape index (κ2) is 12.3. The number of rotatable bonds is 9. The van der Waals surface area contributed by atoms with E-state index in [4.69, 9.17) is 0 Å². The number of unbranched alkanes of at least 4 members (excludes halogenated alkanes) is 3. The maximum Gasteiger partial charge on any atom is 0.132 e. The Hall–Kier alpha value is -0.180. The minimum absolute atomic E-state index is 0. The SMILES string of the molecule is C[N+](C)(CCCCCC[N+](C)(C)c1ccccc1)c1ccccc1.[I-].[I-]. The summed E-state index contributed by atoms with van der Waals surface area (Å²) in [6, 6.07) is 21.7. The van der Waals surface area contributed by atoms with Gasteiger partial charge in [-0.05, 0) is 49.9 Å². The fourth-order valence-electron chi connectivity index (χ4n) is 3.29. The Morgan fingerprint density at radius 3 is 1.12 bits per heavy atom. The van der Waals surface area contributed by atoms with Gasteiger partial charge in [-0.15, -0.1) is 0 Å². The molecular formula is C22H34I2N2. The fourth-order valence-corrected chi connectivity index (χ4v) is 3.29. The van der Waals surface area contributed by atoms with E-state index in [1.165, 1.54) is 50.1 Å². The van der Waals surface area contributed by atoms with Crippen LogP contribution in [0.3, 0.4) is 0 Å². The molecule has 0 aliphatic rings. The second-order valence-electron chi connectivity index (χ2n) is 7.90. The summed E-state index contributed by atoms with van der Waals surface area (Å²) in [4.78, 5) is 0. The highest BCUT2D eigenvalue weighted by Gasteiger charge is 2.19. The van der Waals surface area contributed by atoms with E-state index in [0.29, 0.717) is 0 Å². The Bertz CT molecular complexity index is 543. The predicted molar refractivity (Wildman–Crippen MR) is 108 cm³/mol. The van der Waals surface area contributed by atoms with Crippen molar-refractivity contribution < 1.29 is 48.0 Å². The monoisotopic (exact) mass is 580 g/mol. The molecule has 4 heteroatoms. The summed E-state index contributed by atoms with van der Waals surface area (Å²) in [7, 11) is 9.24. The number of benzene rings is 2. The molecule has 0 bridgehead atoms. The molecule has 0 atom stereocenters. The lowest BCUT2D eigenvalue weighted by Crippen LogP contribution is -3.00. The number of hydrogen-bond donors (Lipinski definition) is 0. The molecule has 0 heterocycles. The lowest BCUT2D eigenvalue weighted by atomic mass is 10.1. The summed E-state index contributed by atoms with van der Waals surface area (Å²) in [5, 5.41) is 0. The zero-order valence-corrected chi connectivity index (χ0v) is 21.0. The van der Waals surface area contributed by atoms with E-state index >= 15 is 0 Å². The fraction of sp³-hybridized carbons (Fsp3) is 0.455. The minimum Gasteiger partial charge on any atom is -1.00 e. The van der Waals surface area contributed by atoms with E-state index in [2.05, 4.69) is 88.9 Å². The first kappa shape index (κ1) is 25.8. The third kappa shape index (κ3) is 8.23. The van der Waals surface area contributed by atoms with Crippen molar-refractivity contribution in [2.45, 2.75) is 25.7 Å². The Balaban J connectivity index is 0.00000312. The van der Waals surface area contributed by atoms with E-state index in [9.17, 15) is 0 Å². The largest absolute Gasteiger partial charge is 1.00 e. The Morgan fingerprint density at radius 1 is 0.500 bits per heavy atom. The van der Waals surface area contributed by atoms with Crippen LogP contribution < -0.4 is 56.9 Å². The molecule has 0 fully saturated rings. The highest BCUT2D eigenvalue weighted by Crippen LogP contribution is 2.21. The lowest BCUT2D eigenvalue weighted by molar-refractivity contribution is -0.001000. The van der Waals surface area contributed by atoms with Crippen molar-refractivity contribution in [2.75, 3.05) is 41.3 Å². The highest BCUT2D eigenvalue weighted by molar-refractivity contribution is 5.41. The quantitative estimate of drug-likeness (QED) is 0.205. The van der Waals surface area contributed by atoms with Crippen LogP contribution in [0.25, 0.3) is 0 Å². The van der Waals surface area contributed by atoms with Gasteiger partial charge in [0.2, 0.25) is 0 Å². The third-order valence-corrected chi connectivity index (χ3v) is 5.09. The van der Waals surface area contributed by atoms with Gasteiger partial charge in [0, 0.05) is 0 Å². The maximum absolute atomic E-state index is 2.31. The average molecular weight is 580 g/mol. The van der Waals surface area contributed by atoms with Gasteiger partial charge in [0.1, 0.15) is 11.4 Å². The molecule has 2 nitrogen and oxygen atoms in total. The van der Waals surface area contributed by atoms with Crippen molar-refractivity contribution in [3.8, 4) is 0 Å². The van der Waals surface area contributed by atoms with E-state index in [0.717, 1.165) is 8.97 Å². The molecule has 2 rings (SSSR count). The van der Waals surface area contributed by atoms with E-state index in [1.54, 1.807) is 0 Å². The summed E-state index contributed by atoms with van der Waals surface area (Å²) in [6.45, 7) is 2.42. The molecule has 0 aliphatic heterocycles. The van der Waals surface area contributed by atoms with Gasteiger partial charge >= 0.3 is 0 Å². The predicted octanol–water partition coefficient (Wildman–Crippen LogP) is -0.911. The summed E-state index contributed by atoms with van der Waals surface area (Å²) in [6.07, 6.45) is 5.23. The number of nitrogens with zero attached hydrogens (tertiary/aromatic N) is 2. The highest BCUT2D eigenvalue weighted by atomic mass is 127. The molecule has 0 spiro atoms. The summed E-state index contributed by atoms with van der Waals surface area (Å²) >= 11 is 0. The van der Waals surface area contributed by atoms with Crippen LogP contribution in [0.2, 0.25) is 0 Å². The van der Waals surface area contributed by atoms with Gasteiger partial charge in [0.15, 0.2) is 0 Å². The van der Waals surface area contributed by atoms with Gasteiger partial charge in [-0.3, -0.25) is 8.97 Å². The molecular weight excluding hydrogens is 546 g/mol. The molecule has 0 saturated heterocycles. The molecule has 146 valence electrons. The minimum atomic E-state index is 0. The van der Waals surface area contributed by atoms with Crippen LogP contribution in [0.4, 0.5) is 11.4 Å². The van der Waals surface area contributed by atoms with Crippen LogP contribution in [0, 0.1) is 0 Å². The summed E-state index contributed by atoms with van der Waals surface area (Å²) in [5.74, 6) is 0. The molecule has 0 radical (unpaired) electrons. The zero-order chi connectivity index (χ0) is 17.5. The van der Waals surface area contributed by atoms with Crippen molar-refractivity contribution in [2.24, 2.45) is 0 Å². The van der Waals surface area contributed by atoms with E-state index in [-0.39, 0.29) is 48.0 Å². The number of hydrogen-bond acceptors (Lipinski definition) is 0. The van der Waals surface area contributed by atoms with E-state index < -0.39 is 0 Å². The van der Waals surface area contributed by atoms with Gasteiger partial charge in [-0.2, -0.15) is 0 Å². The molecule has 0 N–H and O–H groups in total. The molecule has 26 heavy (non-hydrogen) atoms. The zero-order valence-electron chi connectivity index (χ0n) is 16.7. The van der Waals surface area contributed by atoms with Crippen LogP contribution in [-0.4, -0.2) is 41.3 Å². The number of quaternary nitrogens is 2. The first-order valence-electron chi connectivity index (χ1n) is 9.19. The van der Waals surface area contributed by atoms with Crippen LogP contribution in [0.15, 0.2) is 60.7 Å². The van der Waals surface area contributed by atoms with Crippen LogP contribution >= 0.6 is 0 Å². The standard InChI is InChI=1S/C22H34N2.2HI/c1-23(2,21-15-9-7-10-16-21)19-13-5-6-14-20-24(3,4)22-17-11-8-12-18-22;;/h7-12,15-18H,5-6,13-14,19-20H2,1-4H3;2*1H/q+2;;/p-2. The molecule has 0 saturated carbocycles. The van der Waals surface area contributed by atoms with Gasteiger partial charge in [0.05, 0.1) is 41.3 Å². The number of halogens is 2. The average Bonchev–Trinajstić information content (AvgIpc) is 2.59. The van der Waals surface area contributed by atoms with Crippen molar-refractivity contribution in [3.63, 3.8) is 0 Å². The second-order valence-corrected chi connectivity index (χ2v) is 7.90. The van der Waals surface area contributed by atoms with Crippen LogP contribution in [-0.2, 0) is 0 Å². The van der Waals surface area contributed by atoms with Crippen molar-refractivity contribution in [1.29, 1.82) is 0 Å². The van der Waals surface area contributed by atoms with E-state index in [1.807, 2.05) is 0 Å². The smallest absolute Gasteiger partial charge is 0.132 e. The maximum atomic E-state index is 2.31. The van der Waals surface area contributed by atoms with Crippen molar-refractivity contribution >= 4 is 11.4 Å². The van der Waals surface area contributed by atoms with Gasteiger partial charge < -0.3 is 48.0 Å². The number of para-hydroxylation sites is 2. The van der Waals surface area contributed by atoms with Crippen molar-refractivity contribution in [1.82, 2.24) is 8.97 Å². The first-order valence-corrected chi connectivity index (χ1v) is 9.19. The third-order valence-electron chi connectivity index (χ3n) is 5.09. The first-order chi connectivity index (χ1) is 11.4.